The number of aliphatic hydroxyl groups is 8. The minimum atomic E-state index is -1.65. The smallest absolute Gasteiger partial charge is 0.187 e. The summed E-state index contributed by atoms with van der Waals surface area (Å²) in [6.45, 7) is 15.0. The van der Waals surface area contributed by atoms with E-state index in [0.29, 0.717) is 29.6 Å². The Labute approximate surface area is 321 Å². The van der Waals surface area contributed by atoms with E-state index in [4.69, 9.17) is 18.9 Å². The number of ether oxygens (including phenoxy) is 4. The maximum absolute atomic E-state index is 11.3. The topological polar surface area (TPSA) is 199 Å². The van der Waals surface area contributed by atoms with Crippen molar-refractivity contribution in [3.05, 3.63) is 11.6 Å². The van der Waals surface area contributed by atoms with E-state index in [1.165, 1.54) is 32.1 Å². The molecule has 5 saturated carbocycles. The first-order valence-corrected chi connectivity index (χ1v) is 20.9. The van der Waals surface area contributed by atoms with Crippen molar-refractivity contribution in [3.8, 4) is 0 Å². The van der Waals surface area contributed by atoms with Crippen molar-refractivity contribution in [2.24, 2.45) is 50.7 Å². The van der Waals surface area contributed by atoms with E-state index >= 15 is 0 Å². The quantitative estimate of drug-likeness (QED) is 0.120. The molecule has 54 heavy (non-hydrogen) atoms. The summed E-state index contributed by atoms with van der Waals surface area (Å²) < 4.78 is 24.2. The van der Waals surface area contributed by atoms with Crippen molar-refractivity contribution < 1.29 is 59.8 Å². The van der Waals surface area contributed by atoms with Gasteiger partial charge in [-0.15, -0.1) is 0 Å². The lowest BCUT2D eigenvalue weighted by molar-refractivity contribution is -0.363. The molecule has 0 amide bonds. The Morgan fingerprint density at radius 2 is 1.41 bits per heavy atom. The molecule has 2 spiro atoms. The average Bonchev–Trinajstić information content (AvgIpc) is 3.73. The van der Waals surface area contributed by atoms with Gasteiger partial charge in [-0.1, -0.05) is 46.3 Å². The fraction of sp³-hybridized carbons (Fsp3) is 0.952. The highest BCUT2D eigenvalue weighted by molar-refractivity contribution is 5.30. The summed E-state index contributed by atoms with van der Waals surface area (Å²) in [5, 5.41) is 83.8. The maximum Gasteiger partial charge on any atom is 0.187 e. The van der Waals surface area contributed by atoms with Crippen LogP contribution in [0.4, 0.5) is 0 Å². The molecule has 0 aromatic carbocycles. The van der Waals surface area contributed by atoms with Gasteiger partial charge >= 0.3 is 0 Å². The molecule has 7 fully saturated rings. The maximum atomic E-state index is 11.3. The monoisotopic (exact) mass is 766 g/mol. The Morgan fingerprint density at radius 3 is 2.09 bits per heavy atom. The Hall–Kier alpha value is -0.740. The Kier molecular flexibility index (Phi) is 11.1. The molecule has 2 saturated heterocycles. The SMILES string of the molecule is C/C(=C\C[C@H](O)[C@@H](C)[C@H]1CC[C@@]2(C)[C@@H]3CC[C@H]4C(C)(C)[C@@H](O[C@@H]5O[C@H](C)[C@H](O[C@@H]6O[C@H](CO)[C@@H](O)[C@H](O)[C@H]6O)[C@H](O)[C@H]5O)CC[C@@]45C[C@@]35CC[C@]12C)CO. The first-order chi connectivity index (χ1) is 25.3. The molecule has 20 atom stereocenters. The van der Waals surface area contributed by atoms with Gasteiger partial charge in [-0.05, 0) is 129 Å². The van der Waals surface area contributed by atoms with E-state index in [1.807, 2.05) is 13.0 Å². The number of fused-ring (bicyclic) bond motifs is 2. The third kappa shape index (κ3) is 6.05. The van der Waals surface area contributed by atoms with Crippen LogP contribution < -0.4 is 0 Å². The molecule has 2 heterocycles. The highest BCUT2D eigenvalue weighted by Crippen LogP contribution is 2.89. The van der Waals surface area contributed by atoms with Crippen LogP contribution in [0, 0.1) is 50.7 Å². The summed E-state index contributed by atoms with van der Waals surface area (Å²) in [6.07, 6.45) is -1.17. The van der Waals surface area contributed by atoms with Gasteiger partial charge in [-0.2, -0.15) is 0 Å². The first kappa shape index (κ1) is 41.4. The van der Waals surface area contributed by atoms with E-state index in [9.17, 15) is 40.9 Å². The van der Waals surface area contributed by atoms with Gasteiger partial charge in [-0.3, -0.25) is 0 Å². The third-order valence-corrected chi connectivity index (χ3v) is 17.5. The van der Waals surface area contributed by atoms with Crippen LogP contribution >= 0.6 is 0 Å². The van der Waals surface area contributed by atoms with Gasteiger partial charge in [-0.25, -0.2) is 0 Å². The fourth-order valence-corrected chi connectivity index (χ4v) is 14.1. The van der Waals surface area contributed by atoms with Crippen molar-refractivity contribution in [1.29, 1.82) is 0 Å². The summed E-state index contributed by atoms with van der Waals surface area (Å²) >= 11 is 0. The van der Waals surface area contributed by atoms with Crippen LogP contribution in [-0.2, 0) is 18.9 Å². The van der Waals surface area contributed by atoms with Gasteiger partial charge in [0.25, 0.3) is 0 Å². The van der Waals surface area contributed by atoms with Crippen molar-refractivity contribution in [1.82, 2.24) is 0 Å². The summed E-state index contributed by atoms with van der Waals surface area (Å²) in [5.41, 5.74) is 1.68. The van der Waals surface area contributed by atoms with Crippen LogP contribution in [0.3, 0.4) is 0 Å². The molecule has 12 nitrogen and oxygen atoms in total. The lowest BCUT2D eigenvalue weighted by Gasteiger charge is -2.63. The number of hydrogen-bond donors (Lipinski definition) is 8. The standard InChI is InChI=1S/C42H70O12/c1-21(18-43)8-9-25(45)22(2)24-12-14-40(7)28-11-10-27-38(4,5)29(13-15-41(27)20-42(28,41)17-16-39(24,40)6)53-36-34(50)32(48)35(23(3)51-36)54-37-33(49)31(47)30(46)26(19-44)52-37/h8,22-37,43-50H,9-20H2,1-7H3/b21-8+/t22-,23+,24+,25-,26+,27-,28-,29-,30+,31-,32+,33+,34+,35-,36-,37-,39+,40-,41+,42-/m0/s1. The van der Waals surface area contributed by atoms with Gasteiger partial charge in [0, 0.05) is 0 Å². The number of aliphatic hydroxyl groups excluding tert-OH is 8. The van der Waals surface area contributed by atoms with Crippen molar-refractivity contribution in [2.45, 2.75) is 186 Å². The van der Waals surface area contributed by atoms with Crippen LogP contribution in [0.15, 0.2) is 11.6 Å². The largest absolute Gasteiger partial charge is 0.394 e. The molecule has 310 valence electrons. The van der Waals surface area contributed by atoms with E-state index in [2.05, 4.69) is 34.6 Å². The molecule has 12 heteroatoms. The van der Waals surface area contributed by atoms with Crippen LogP contribution in [0.2, 0.25) is 0 Å². The van der Waals surface area contributed by atoms with Gasteiger partial charge in [0.15, 0.2) is 12.6 Å². The molecule has 0 unspecified atom stereocenters. The Bertz CT molecular complexity index is 1390. The zero-order valence-electron chi connectivity index (χ0n) is 33.5. The Morgan fingerprint density at radius 1 is 0.759 bits per heavy atom. The highest BCUT2D eigenvalue weighted by atomic mass is 16.7. The minimum absolute atomic E-state index is 0.0299. The Balaban J connectivity index is 1.01. The molecule has 5 aliphatic carbocycles. The van der Waals surface area contributed by atoms with Crippen LogP contribution in [0.5, 0.6) is 0 Å². The second kappa shape index (κ2) is 14.5. The van der Waals surface area contributed by atoms with E-state index in [-0.39, 0.29) is 40.3 Å². The minimum Gasteiger partial charge on any atom is -0.394 e. The molecule has 0 aromatic heterocycles. The first-order valence-electron chi connectivity index (χ1n) is 20.9. The fourth-order valence-electron chi connectivity index (χ4n) is 14.1. The van der Waals surface area contributed by atoms with E-state index < -0.39 is 74.1 Å². The summed E-state index contributed by atoms with van der Waals surface area (Å²) in [6, 6.07) is 0. The lowest BCUT2D eigenvalue weighted by atomic mass is 9.41. The molecule has 2 aliphatic heterocycles. The van der Waals surface area contributed by atoms with Crippen molar-refractivity contribution in [2.75, 3.05) is 13.2 Å². The normalized spacial score (nSPS) is 53.8. The molecule has 0 aromatic rings. The molecule has 7 rings (SSSR count). The lowest BCUT2D eigenvalue weighted by Crippen LogP contribution is -2.64. The van der Waals surface area contributed by atoms with Crippen molar-refractivity contribution >= 4 is 0 Å². The summed E-state index contributed by atoms with van der Waals surface area (Å²) in [5.74, 6) is 1.77. The second-order valence-electron chi connectivity index (χ2n) is 20.0. The van der Waals surface area contributed by atoms with Crippen LogP contribution in [-0.4, -0.2) is 128 Å². The molecular weight excluding hydrogens is 696 g/mol. The van der Waals surface area contributed by atoms with E-state index in [1.54, 1.807) is 6.92 Å². The van der Waals surface area contributed by atoms with Crippen LogP contribution in [0.25, 0.3) is 0 Å². The highest BCUT2D eigenvalue weighted by Gasteiger charge is 2.82. The van der Waals surface area contributed by atoms with E-state index in [0.717, 1.165) is 31.3 Å². The van der Waals surface area contributed by atoms with Crippen LogP contribution in [0.1, 0.15) is 113 Å². The average molecular weight is 767 g/mol. The van der Waals surface area contributed by atoms with Gasteiger partial charge in [0.1, 0.15) is 42.7 Å². The molecular formula is C42H70O12. The second-order valence-corrected chi connectivity index (χ2v) is 20.0. The summed E-state index contributed by atoms with van der Waals surface area (Å²) in [4.78, 5) is 0. The zero-order valence-corrected chi connectivity index (χ0v) is 33.5. The van der Waals surface area contributed by atoms with Gasteiger partial charge in [0.05, 0.1) is 31.5 Å². The molecule has 0 bridgehead atoms. The van der Waals surface area contributed by atoms with Crippen molar-refractivity contribution in [3.63, 3.8) is 0 Å². The summed E-state index contributed by atoms with van der Waals surface area (Å²) in [7, 11) is 0. The third-order valence-electron chi connectivity index (χ3n) is 17.5. The van der Waals surface area contributed by atoms with Gasteiger partial charge < -0.3 is 59.8 Å². The predicted molar refractivity (Wildman–Crippen MR) is 197 cm³/mol. The molecule has 8 N–H and O–H groups in total. The predicted octanol–water partition coefficient (Wildman–Crippen LogP) is 2.79. The molecule has 0 radical (unpaired) electrons. The van der Waals surface area contributed by atoms with Gasteiger partial charge in [0.2, 0.25) is 0 Å². The number of rotatable bonds is 10. The number of hydrogen-bond acceptors (Lipinski definition) is 12. The molecule has 7 aliphatic rings. The zero-order chi connectivity index (χ0) is 39.3.